The van der Waals surface area contributed by atoms with Crippen molar-refractivity contribution in [2.24, 2.45) is 5.41 Å². The van der Waals surface area contributed by atoms with Gasteiger partial charge in [0.15, 0.2) is 0 Å². The van der Waals surface area contributed by atoms with Crippen LogP contribution in [0.4, 0.5) is 0 Å². The van der Waals surface area contributed by atoms with E-state index in [1.807, 2.05) is 12.3 Å². The largest absolute Gasteiger partial charge is 0.381 e. The van der Waals surface area contributed by atoms with E-state index < -0.39 is 0 Å². The molecule has 106 valence electrons. The van der Waals surface area contributed by atoms with Gasteiger partial charge in [0.1, 0.15) is 0 Å². The highest BCUT2D eigenvalue weighted by atomic mass is 16.5. The Morgan fingerprint density at radius 2 is 2.10 bits per heavy atom. The summed E-state index contributed by atoms with van der Waals surface area (Å²) in [6.45, 7) is 6.13. The van der Waals surface area contributed by atoms with Crippen molar-refractivity contribution in [3.8, 4) is 0 Å². The number of hydrogen-bond acceptors (Lipinski definition) is 3. The van der Waals surface area contributed by atoms with E-state index in [0.717, 1.165) is 44.7 Å². The summed E-state index contributed by atoms with van der Waals surface area (Å²) in [5.74, 6) is 0. The summed E-state index contributed by atoms with van der Waals surface area (Å²) in [5.41, 5.74) is 2.77. The zero-order valence-electron chi connectivity index (χ0n) is 12.1. The highest BCUT2D eigenvalue weighted by Crippen LogP contribution is 2.28. The second-order valence-corrected chi connectivity index (χ2v) is 6.06. The Balaban J connectivity index is 1.59. The van der Waals surface area contributed by atoms with Crippen molar-refractivity contribution in [1.29, 1.82) is 0 Å². The van der Waals surface area contributed by atoms with E-state index in [0.29, 0.717) is 5.41 Å². The minimum atomic E-state index is 0.386. The zero-order chi connectivity index (χ0) is 13.8. The van der Waals surface area contributed by atoms with Gasteiger partial charge in [0.05, 0.1) is 5.52 Å². The third-order valence-electron chi connectivity index (χ3n) is 4.25. The van der Waals surface area contributed by atoms with Gasteiger partial charge < -0.3 is 10.1 Å². The number of fused-ring (bicyclic) bond motifs is 1. The Morgan fingerprint density at radius 1 is 1.25 bits per heavy atom. The van der Waals surface area contributed by atoms with Crippen LogP contribution < -0.4 is 5.32 Å². The molecule has 0 spiro atoms. The molecule has 1 aliphatic rings. The predicted molar refractivity (Wildman–Crippen MR) is 81.6 cm³/mol. The molecule has 1 saturated heterocycles. The summed E-state index contributed by atoms with van der Waals surface area (Å²) >= 11 is 0. The third kappa shape index (κ3) is 3.17. The number of benzene rings is 1. The molecule has 2 aromatic rings. The second-order valence-electron chi connectivity index (χ2n) is 6.06. The van der Waals surface area contributed by atoms with Crippen LogP contribution >= 0.6 is 0 Å². The molecule has 1 fully saturated rings. The molecule has 1 N–H and O–H groups in total. The molecule has 0 atom stereocenters. The summed E-state index contributed by atoms with van der Waals surface area (Å²) in [6, 6.07) is 10.6. The molecule has 0 unspecified atom stereocenters. The van der Waals surface area contributed by atoms with Crippen molar-refractivity contribution in [2.45, 2.75) is 26.3 Å². The Morgan fingerprint density at radius 3 is 2.95 bits per heavy atom. The topological polar surface area (TPSA) is 34.2 Å². The first kappa shape index (κ1) is 13.5. The molecule has 1 aromatic carbocycles. The quantitative estimate of drug-likeness (QED) is 0.926. The normalized spacial score (nSPS) is 18.2. The molecule has 0 aliphatic carbocycles. The maximum Gasteiger partial charge on any atom is 0.0702 e. The van der Waals surface area contributed by atoms with Crippen molar-refractivity contribution in [2.75, 3.05) is 19.8 Å². The highest BCUT2D eigenvalue weighted by Gasteiger charge is 2.26. The lowest BCUT2D eigenvalue weighted by Crippen LogP contribution is -2.36. The Kier molecular flexibility index (Phi) is 3.99. The minimum Gasteiger partial charge on any atom is -0.381 e. The van der Waals surface area contributed by atoms with Gasteiger partial charge in [-0.25, -0.2) is 0 Å². The molecule has 3 nitrogen and oxygen atoms in total. The Bertz CT molecular complexity index is 576. The average Bonchev–Trinajstić information content (AvgIpc) is 2.48. The van der Waals surface area contributed by atoms with Gasteiger partial charge in [-0.2, -0.15) is 0 Å². The highest BCUT2D eigenvalue weighted by molar-refractivity contribution is 5.78. The van der Waals surface area contributed by atoms with Gasteiger partial charge in [-0.05, 0) is 42.0 Å². The zero-order valence-corrected chi connectivity index (χ0v) is 12.1. The summed E-state index contributed by atoms with van der Waals surface area (Å²) in [5, 5.41) is 4.81. The van der Waals surface area contributed by atoms with Crippen molar-refractivity contribution in [3.63, 3.8) is 0 Å². The SMILES string of the molecule is CC1(CNCc2ccc3ncccc3c2)CCOCC1. The van der Waals surface area contributed by atoms with Gasteiger partial charge >= 0.3 is 0 Å². The number of hydrogen-bond donors (Lipinski definition) is 1. The van der Waals surface area contributed by atoms with Crippen LogP contribution in [0.3, 0.4) is 0 Å². The summed E-state index contributed by atoms with van der Waals surface area (Å²) in [6.07, 6.45) is 4.15. The smallest absolute Gasteiger partial charge is 0.0702 e. The number of ether oxygens (including phenoxy) is 1. The minimum absolute atomic E-state index is 0.386. The van der Waals surface area contributed by atoms with Crippen LogP contribution in [-0.2, 0) is 11.3 Å². The van der Waals surface area contributed by atoms with Gasteiger partial charge in [0.25, 0.3) is 0 Å². The first-order valence-corrected chi connectivity index (χ1v) is 7.37. The van der Waals surface area contributed by atoms with Crippen LogP contribution in [0.15, 0.2) is 36.5 Å². The van der Waals surface area contributed by atoms with Gasteiger partial charge in [0, 0.05) is 37.9 Å². The van der Waals surface area contributed by atoms with E-state index in [1.165, 1.54) is 10.9 Å². The fourth-order valence-corrected chi connectivity index (χ4v) is 2.78. The van der Waals surface area contributed by atoms with Crippen LogP contribution in [0.5, 0.6) is 0 Å². The number of nitrogens with zero attached hydrogens (tertiary/aromatic N) is 1. The standard InChI is InChI=1S/C17H22N2O/c1-17(6-9-20-10-7-17)13-18-12-14-4-5-16-15(11-14)3-2-8-19-16/h2-5,8,11,18H,6-7,9-10,12-13H2,1H3. The van der Waals surface area contributed by atoms with Crippen LogP contribution in [0.1, 0.15) is 25.3 Å². The summed E-state index contributed by atoms with van der Waals surface area (Å²) < 4.78 is 5.44. The molecule has 3 heteroatoms. The first-order chi connectivity index (χ1) is 9.75. The number of pyridine rings is 1. The molecule has 2 heterocycles. The molecule has 0 saturated carbocycles. The summed E-state index contributed by atoms with van der Waals surface area (Å²) in [7, 11) is 0. The lowest BCUT2D eigenvalue weighted by molar-refractivity contribution is 0.0240. The van der Waals surface area contributed by atoms with Crippen molar-refractivity contribution in [3.05, 3.63) is 42.1 Å². The van der Waals surface area contributed by atoms with Crippen molar-refractivity contribution < 1.29 is 4.74 Å². The lowest BCUT2D eigenvalue weighted by atomic mass is 9.82. The molecule has 1 aliphatic heterocycles. The van der Waals surface area contributed by atoms with Crippen LogP contribution in [0.2, 0.25) is 0 Å². The van der Waals surface area contributed by atoms with E-state index in [9.17, 15) is 0 Å². The third-order valence-corrected chi connectivity index (χ3v) is 4.25. The Hall–Kier alpha value is -1.45. The van der Waals surface area contributed by atoms with Crippen molar-refractivity contribution >= 4 is 10.9 Å². The number of rotatable bonds is 4. The molecule has 20 heavy (non-hydrogen) atoms. The van der Waals surface area contributed by atoms with E-state index in [-0.39, 0.29) is 0 Å². The average molecular weight is 270 g/mol. The predicted octanol–water partition coefficient (Wildman–Crippen LogP) is 3.14. The second kappa shape index (κ2) is 5.90. The molecular formula is C17H22N2O. The maximum atomic E-state index is 5.44. The molecule has 0 bridgehead atoms. The van der Waals surface area contributed by atoms with Crippen LogP contribution in [0, 0.1) is 5.41 Å². The maximum absolute atomic E-state index is 5.44. The van der Waals surface area contributed by atoms with E-state index >= 15 is 0 Å². The molecule has 0 amide bonds. The molecule has 1 aromatic heterocycles. The van der Waals surface area contributed by atoms with Crippen LogP contribution in [0.25, 0.3) is 10.9 Å². The van der Waals surface area contributed by atoms with E-state index in [4.69, 9.17) is 4.74 Å². The fourth-order valence-electron chi connectivity index (χ4n) is 2.78. The van der Waals surface area contributed by atoms with E-state index in [1.54, 1.807) is 0 Å². The number of aromatic nitrogens is 1. The fraction of sp³-hybridized carbons (Fsp3) is 0.471. The van der Waals surface area contributed by atoms with Gasteiger partial charge in [-0.1, -0.05) is 19.1 Å². The van der Waals surface area contributed by atoms with Crippen LogP contribution in [-0.4, -0.2) is 24.7 Å². The molecule has 3 rings (SSSR count). The first-order valence-electron chi connectivity index (χ1n) is 7.37. The summed E-state index contributed by atoms with van der Waals surface area (Å²) in [4.78, 5) is 4.35. The van der Waals surface area contributed by atoms with E-state index in [2.05, 4.69) is 41.5 Å². The Labute approximate surface area is 120 Å². The van der Waals surface area contributed by atoms with Gasteiger partial charge in [-0.3, -0.25) is 4.98 Å². The van der Waals surface area contributed by atoms with Crippen molar-refractivity contribution in [1.82, 2.24) is 10.3 Å². The molecular weight excluding hydrogens is 248 g/mol. The monoisotopic (exact) mass is 270 g/mol. The van der Waals surface area contributed by atoms with Gasteiger partial charge in [-0.15, -0.1) is 0 Å². The lowest BCUT2D eigenvalue weighted by Gasteiger charge is -2.33. The molecule has 0 radical (unpaired) electrons. The number of nitrogens with one attached hydrogen (secondary N) is 1. The van der Waals surface area contributed by atoms with Gasteiger partial charge in [0.2, 0.25) is 0 Å².